The van der Waals surface area contributed by atoms with Gasteiger partial charge in [-0.2, -0.15) is 0 Å². The molecule has 0 saturated heterocycles. The van der Waals surface area contributed by atoms with Gasteiger partial charge >= 0.3 is 162 Å². The molecule has 0 aromatic carbocycles. The minimum absolute atomic E-state index is 0.590. The third kappa shape index (κ3) is 3.11. The average molecular weight is 521 g/mol. The third-order valence-corrected chi connectivity index (χ3v) is 19.8. The molecule has 0 unspecified atom stereocenters. The zero-order valence-corrected chi connectivity index (χ0v) is 18.9. The molecule has 1 aromatic heterocycles. The summed E-state index contributed by atoms with van der Waals surface area (Å²) < 4.78 is 10.5. The van der Waals surface area contributed by atoms with Crippen LogP contribution in [0.25, 0.3) is 7.61 Å². The van der Waals surface area contributed by atoms with Crippen LogP contribution >= 0.6 is 81.9 Å². The van der Waals surface area contributed by atoms with Crippen LogP contribution < -0.4 is 8.38 Å². The molecule has 0 nitrogen and oxygen atoms in total. The fraction of sp³-hybridized carbons (Fsp3) is 0.182. The molecule has 0 aliphatic carbocycles. The van der Waals surface area contributed by atoms with Gasteiger partial charge in [-0.1, -0.05) is 0 Å². The van der Waals surface area contributed by atoms with Crippen molar-refractivity contribution in [1.82, 2.24) is 0 Å². The summed E-state index contributed by atoms with van der Waals surface area (Å²) >= 11 is 18.4. The van der Waals surface area contributed by atoms with E-state index in [0.717, 1.165) is 3.82 Å². The molecule has 0 fully saturated rings. The first-order chi connectivity index (χ1) is 9.81. The first-order valence-corrected chi connectivity index (χ1v) is 14.7. The van der Waals surface area contributed by atoms with Gasteiger partial charge in [-0.25, -0.2) is 0 Å². The van der Waals surface area contributed by atoms with Crippen LogP contribution in [0.15, 0.2) is 18.4 Å². The standard InChI is InChI=1S/C11H6S7Se2/c12-6-5(7-13-1-2-14-7)17-8(18-6)11-19-9-10(20-11)16-4-3-15-9/h1-2H,3-4H2. The van der Waals surface area contributed by atoms with Gasteiger partial charge in [0.05, 0.1) is 0 Å². The van der Waals surface area contributed by atoms with Crippen LogP contribution in [0.5, 0.6) is 0 Å². The van der Waals surface area contributed by atoms with Crippen LogP contribution in [0.2, 0.25) is 0 Å². The Kier molecular flexibility index (Phi) is 5.27. The van der Waals surface area contributed by atoms with E-state index in [1.54, 1.807) is 11.0 Å². The van der Waals surface area contributed by atoms with Crippen molar-refractivity contribution in [3.05, 3.63) is 30.6 Å². The molecule has 1 aromatic rings. The number of rotatable bonds is 0. The summed E-state index contributed by atoms with van der Waals surface area (Å²) in [6.07, 6.45) is 0. The van der Waals surface area contributed by atoms with E-state index in [4.69, 9.17) is 12.2 Å². The Bertz CT molecular complexity index is 767. The van der Waals surface area contributed by atoms with E-state index in [-0.39, 0.29) is 0 Å². The molecule has 20 heavy (non-hydrogen) atoms. The molecule has 0 amide bonds. The van der Waals surface area contributed by atoms with Crippen LogP contribution in [0.3, 0.4) is 0 Å². The predicted molar refractivity (Wildman–Crippen MR) is 107 cm³/mol. The molecule has 3 aliphatic heterocycles. The molecule has 0 bridgehead atoms. The zero-order valence-electron chi connectivity index (χ0n) is 9.74. The van der Waals surface area contributed by atoms with Gasteiger partial charge in [0.2, 0.25) is 0 Å². The Morgan fingerprint density at radius 3 is 2.25 bits per heavy atom. The van der Waals surface area contributed by atoms with E-state index in [0.29, 0.717) is 29.9 Å². The van der Waals surface area contributed by atoms with Crippen LogP contribution in [0, 0.1) is 3.82 Å². The summed E-state index contributed by atoms with van der Waals surface area (Å²) in [5.74, 6) is 2.60. The minimum atomic E-state index is 0.590. The van der Waals surface area contributed by atoms with Crippen molar-refractivity contribution in [3.8, 4) is 0 Å². The monoisotopic (exact) mass is 522 g/mol. The van der Waals surface area contributed by atoms with Gasteiger partial charge in [0.25, 0.3) is 0 Å². The molecule has 9 heteroatoms. The van der Waals surface area contributed by atoms with Crippen molar-refractivity contribution < 1.29 is 0 Å². The first kappa shape index (κ1) is 15.5. The third-order valence-electron chi connectivity index (χ3n) is 2.41. The molecule has 0 radical (unpaired) electrons. The second-order valence-corrected chi connectivity index (χ2v) is 17.7. The maximum atomic E-state index is 5.60. The van der Waals surface area contributed by atoms with Crippen LogP contribution in [0.4, 0.5) is 0 Å². The molecule has 0 N–H and O–H groups in total. The Morgan fingerprint density at radius 2 is 1.60 bits per heavy atom. The van der Waals surface area contributed by atoms with Gasteiger partial charge in [0.15, 0.2) is 0 Å². The zero-order chi connectivity index (χ0) is 13.5. The van der Waals surface area contributed by atoms with Crippen molar-refractivity contribution in [2.24, 2.45) is 0 Å². The molecule has 0 atom stereocenters. The van der Waals surface area contributed by atoms with Gasteiger partial charge in [-0.3, -0.25) is 0 Å². The summed E-state index contributed by atoms with van der Waals surface area (Å²) in [5.41, 5.74) is 0. The number of hydrogen-bond donors (Lipinski definition) is 0. The van der Waals surface area contributed by atoms with E-state index >= 15 is 0 Å². The maximum absolute atomic E-state index is 5.60. The summed E-state index contributed by atoms with van der Waals surface area (Å²) in [6.45, 7) is 0. The fourth-order valence-corrected chi connectivity index (χ4v) is 19.9. The van der Waals surface area contributed by atoms with Gasteiger partial charge in [0.1, 0.15) is 0 Å². The van der Waals surface area contributed by atoms with Crippen molar-refractivity contribution in [2.45, 2.75) is 0 Å². The summed E-state index contributed by atoms with van der Waals surface area (Å²) in [5, 5.41) is 4.31. The summed E-state index contributed by atoms with van der Waals surface area (Å²) in [4.78, 5) is 0. The number of thioether (sulfide) groups is 4. The Balaban J connectivity index is 1.78. The fourth-order valence-electron chi connectivity index (χ4n) is 1.61. The quantitative estimate of drug-likeness (QED) is 0.377. The molecule has 104 valence electrons. The normalized spacial score (nSPS) is 22.0. The van der Waals surface area contributed by atoms with E-state index < -0.39 is 0 Å². The van der Waals surface area contributed by atoms with E-state index in [9.17, 15) is 0 Å². The topological polar surface area (TPSA) is 0 Å². The van der Waals surface area contributed by atoms with Crippen molar-refractivity contribution in [1.29, 1.82) is 0 Å². The van der Waals surface area contributed by atoms with Crippen molar-refractivity contribution in [2.75, 3.05) is 11.5 Å². The van der Waals surface area contributed by atoms with Crippen LogP contribution in [-0.2, 0) is 0 Å². The molecule has 0 spiro atoms. The van der Waals surface area contributed by atoms with Gasteiger partial charge in [0, 0.05) is 0 Å². The second kappa shape index (κ2) is 6.81. The van der Waals surface area contributed by atoms with Gasteiger partial charge < -0.3 is 0 Å². The van der Waals surface area contributed by atoms with Crippen molar-refractivity contribution >= 4 is 119 Å². The van der Waals surface area contributed by atoms with Crippen LogP contribution in [0.1, 0.15) is 0 Å². The molecular formula is C11H6S7Se2. The second-order valence-electron chi connectivity index (χ2n) is 3.67. The molecule has 4 heterocycles. The number of hydrogen-bond acceptors (Lipinski definition) is 7. The molecule has 4 rings (SSSR count). The van der Waals surface area contributed by atoms with Crippen LogP contribution in [-0.4, -0.2) is 41.4 Å². The Hall–Kier alpha value is 1.93. The summed E-state index contributed by atoms with van der Waals surface area (Å²) in [7, 11) is 0. The van der Waals surface area contributed by atoms with Crippen molar-refractivity contribution in [3.63, 3.8) is 0 Å². The summed E-state index contributed by atoms with van der Waals surface area (Å²) in [6, 6.07) is 0. The average Bonchev–Trinajstić information content (AvgIpc) is 3.16. The first-order valence-electron chi connectivity index (χ1n) is 5.54. The van der Waals surface area contributed by atoms with Gasteiger partial charge in [-0.05, 0) is 0 Å². The Labute approximate surface area is 159 Å². The Morgan fingerprint density at radius 1 is 0.950 bits per heavy atom. The van der Waals surface area contributed by atoms with E-state index in [1.807, 2.05) is 46.2 Å². The molecule has 0 saturated carbocycles. The molecular weight excluding hydrogens is 515 g/mol. The molecule has 3 aliphatic rings. The van der Waals surface area contributed by atoms with E-state index in [1.165, 1.54) is 24.1 Å². The van der Waals surface area contributed by atoms with Gasteiger partial charge in [-0.15, -0.1) is 0 Å². The SMILES string of the molecule is S=c1sc(=C2[Se]C3=C(SCCS3)[Se]2)sc1=C1SC=CS1. The predicted octanol–water partition coefficient (Wildman–Crippen LogP) is 3.65. The van der Waals surface area contributed by atoms with E-state index in [2.05, 4.69) is 34.3 Å².